The summed E-state index contributed by atoms with van der Waals surface area (Å²) in [5.74, 6) is -0.410. The molecule has 1 aliphatic rings. The molecule has 7 heteroatoms. The van der Waals surface area contributed by atoms with Crippen LogP contribution in [0.2, 0.25) is 0 Å². The SMILES string of the molecule is CC(Oc1ccc2c(c1)N(C)CN(c1ccc(N(C)C)cc1)S2)C(=O)O. The van der Waals surface area contributed by atoms with E-state index in [1.165, 1.54) is 12.6 Å². The van der Waals surface area contributed by atoms with Gasteiger partial charge in [-0.2, -0.15) is 0 Å². The van der Waals surface area contributed by atoms with Crippen LogP contribution in [0.3, 0.4) is 0 Å². The summed E-state index contributed by atoms with van der Waals surface area (Å²) in [7, 11) is 6.07. The van der Waals surface area contributed by atoms with Crippen LogP contribution in [0.5, 0.6) is 5.75 Å². The maximum Gasteiger partial charge on any atom is 0.344 e. The van der Waals surface area contributed by atoms with Crippen molar-refractivity contribution in [3.05, 3.63) is 42.5 Å². The summed E-state index contributed by atoms with van der Waals surface area (Å²) in [5, 5.41) is 9.00. The van der Waals surface area contributed by atoms with Crippen molar-refractivity contribution < 1.29 is 14.6 Å². The smallest absolute Gasteiger partial charge is 0.344 e. The molecule has 26 heavy (non-hydrogen) atoms. The molecule has 138 valence electrons. The molecule has 3 rings (SSSR count). The van der Waals surface area contributed by atoms with Crippen LogP contribution < -0.4 is 18.8 Å². The van der Waals surface area contributed by atoms with Gasteiger partial charge in [0.1, 0.15) is 12.4 Å². The zero-order valence-corrected chi connectivity index (χ0v) is 16.2. The molecule has 0 bridgehead atoms. The predicted octanol–water partition coefficient (Wildman–Crippen LogP) is 3.53. The molecule has 0 fully saturated rings. The molecule has 0 spiro atoms. The largest absolute Gasteiger partial charge is 0.479 e. The molecule has 0 aliphatic carbocycles. The van der Waals surface area contributed by atoms with Crippen molar-refractivity contribution in [2.45, 2.75) is 17.9 Å². The highest BCUT2D eigenvalue weighted by atomic mass is 32.2. The van der Waals surface area contributed by atoms with Crippen molar-refractivity contribution >= 4 is 35.0 Å². The van der Waals surface area contributed by atoms with Crippen LogP contribution in [0.25, 0.3) is 0 Å². The van der Waals surface area contributed by atoms with Gasteiger partial charge in [0, 0.05) is 38.6 Å². The van der Waals surface area contributed by atoms with Crippen molar-refractivity contribution in [1.29, 1.82) is 0 Å². The minimum Gasteiger partial charge on any atom is -0.479 e. The monoisotopic (exact) mass is 373 g/mol. The van der Waals surface area contributed by atoms with E-state index in [9.17, 15) is 4.79 Å². The molecular formula is C19H23N3O3S. The molecule has 2 aromatic rings. The van der Waals surface area contributed by atoms with Crippen molar-refractivity contribution in [2.24, 2.45) is 0 Å². The lowest BCUT2D eigenvalue weighted by Gasteiger charge is -2.36. The summed E-state index contributed by atoms with van der Waals surface area (Å²) in [6.07, 6.45) is -0.874. The fourth-order valence-corrected chi connectivity index (χ4v) is 3.80. The van der Waals surface area contributed by atoms with Crippen LogP contribution >= 0.6 is 11.9 Å². The second kappa shape index (κ2) is 7.37. The summed E-state index contributed by atoms with van der Waals surface area (Å²) in [5.41, 5.74) is 3.34. The normalized spacial score (nSPS) is 14.6. The number of carboxylic acids is 1. The van der Waals surface area contributed by atoms with Gasteiger partial charge in [0.15, 0.2) is 6.10 Å². The third kappa shape index (κ3) is 3.83. The maximum atomic E-state index is 11.0. The van der Waals surface area contributed by atoms with Crippen LogP contribution in [0.4, 0.5) is 17.1 Å². The fraction of sp³-hybridized carbons (Fsp3) is 0.316. The van der Waals surface area contributed by atoms with Crippen molar-refractivity contribution in [3.63, 3.8) is 0 Å². The van der Waals surface area contributed by atoms with Gasteiger partial charge >= 0.3 is 5.97 Å². The quantitative estimate of drug-likeness (QED) is 0.805. The minimum absolute atomic E-state index is 0.565. The number of fused-ring (bicyclic) bond motifs is 1. The van der Waals surface area contributed by atoms with Crippen LogP contribution in [-0.4, -0.2) is 45.0 Å². The Balaban J connectivity index is 1.79. The van der Waals surface area contributed by atoms with Gasteiger partial charge in [-0.05, 0) is 55.3 Å². The fourth-order valence-electron chi connectivity index (χ4n) is 2.67. The van der Waals surface area contributed by atoms with E-state index in [-0.39, 0.29) is 0 Å². The summed E-state index contributed by atoms with van der Waals surface area (Å²) in [6.45, 7) is 2.25. The minimum atomic E-state index is -0.974. The van der Waals surface area contributed by atoms with E-state index in [0.29, 0.717) is 5.75 Å². The molecule has 1 N–H and O–H groups in total. The number of carbonyl (C=O) groups is 1. The van der Waals surface area contributed by atoms with Gasteiger partial charge < -0.3 is 19.6 Å². The summed E-state index contributed by atoms with van der Waals surface area (Å²) >= 11 is 1.67. The van der Waals surface area contributed by atoms with Gasteiger partial charge in [0.05, 0.1) is 10.6 Å². The molecule has 0 saturated carbocycles. The number of nitrogens with zero attached hydrogens (tertiary/aromatic N) is 3. The van der Waals surface area contributed by atoms with Gasteiger partial charge in [0.2, 0.25) is 0 Å². The van der Waals surface area contributed by atoms with E-state index in [1.807, 2.05) is 39.3 Å². The Kier molecular flexibility index (Phi) is 5.18. The Morgan fingerprint density at radius 3 is 2.54 bits per heavy atom. The van der Waals surface area contributed by atoms with Crippen LogP contribution in [0, 0.1) is 0 Å². The van der Waals surface area contributed by atoms with Crippen LogP contribution in [0.15, 0.2) is 47.4 Å². The number of aliphatic carboxylic acids is 1. The molecule has 1 unspecified atom stereocenters. The van der Waals surface area contributed by atoms with E-state index < -0.39 is 12.1 Å². The number of carboxylic acid groups (broad SMARTS) is 1. The second-order valence-corrected chi connectivity index (χ2v) is 7.51. The van der Waals surface area contributed by atoms with Crippen LogP contribution in [-0.2, 0) is 4.79 Å². The van der Waals surface area contributed by atoms with Gasteiger partial charge in [-0.1, -0.05) is 0 Å². The number of hydrogen-bond donors (Lipinski definition) is 1. The third-order valence-electron chi connectivity index (χ3n) is 4.21. The van der Waals surface area contributed by atoms with Crippen LogP contribution in [0.1, 0.15) is 6.92 Å². The molecule has 2 aromatic carbocycles. The Hall–Kier alpha value is -2.54. The Morgan fingerprint density at radius 1 is 1.23 bits per heavy atom. The second-order valence-electron chi connectivity index (χ2n) is 6.45. The first-order chi connectivity index (χ1) is 12.3. The Morgan fingerprint density at radius 2 is 1.92 bits per heavy atom. The predicted molar refractivity (Wildman–Crippen MR) is 107 cm³/mol. The maximum absolute atomic E-state index is 11.0. The molecule has 1 atom stereocenters. The van der Waals surface area contributed by atoms with E-state index in [0.717, 1.165) is 22.9 Å². The van der Waals surface area contributed by atoms with Crippen molar-refractivity contribution in [1.82, 2.24) is 0 Å². The van der Waals surface area contributed by atoms with Gasteiger partial charge in [-0.15, -0.1) is 0 Å². The Bertz CT molecular complexity index is 795. The molecular weight excluding hydrogens is 350 g/mol. The van der Waals surface area contributed by atoms with Gasteiger partial charge in [0.25, 0.3) is 0 Å². The zero-order chi connectivity index (χ0) is 18.8. The molecule has 1 heterocycles. The first kappa shape index (κ1) is 18.3. The average molecular weight is 373 g/mol. The van der Waals surface area contributed by atoms with E-state index in [2.05, 4.69) is 38.4 Å². The summed E-state index contributed by atoms with van der Waals surface area (Å²) < 4.78 is 7.71. The highest BCUT2D eigenvalue weighted by molar-refractivity contribution is 8.00. The first-order valence-corrected chi connectivity index (χ1v) is 9.10. The average Bonchev–Trinajstić information content (AvgIpc) is 2.62. The topological polar surface area (TPSA) is 56.2 Å². The van der Waals surface area contributed by atoms with Gasteiger partial charge in [-0.3, -0.25) is 4.31 Å². The molecule has 1 aliphatic heterocycles. The summed E-state index contributed by atoms with van der Waals surface area (Å²) in [4.78, 5) is 16.3. The Labute approximate surface area is 158 Å². The van der Waals surface area contributed by atoms with Crippen molar-refractivity contribution in [3.8, 4) is 5.75 Å². The van der Waals surface area contributed by atoms with Crippen molar-refractivity contribution in [2.75, 3.05) is 41.9 Å². The highest BCUT2D eigenvalue weighted by Crippen LogP contribution is 2.41. The number of rotatable bonds is 5. The number of ether oxygens (including phenoxy) is 1. The molecule has 0 saturated heterocycles. The van der Waals surface area contributed by atoms with E-state index in [1.54, 1.807) is 11.9 Å². The molecule has 6 nitrogen and oxygen atoms in total. The lowest BCUT2D eigenvalue weighted by Crippen LogP contribution is -2.35. The number of benzene rings is 2. The lowest BCUT2D eigenvalue weighted by atomic mass is 10.2. The lowest BCUT2D eigenvalue weighted by molar-refractivity contribution is -0.144. The molecule has 0 aromatic heterocycles. The molecule has 0 amide bonds. The zero-order valence-electron chi connectivity index (χ0n) is 15.3. The van der Waals surface area contributed by atoms with Gasteiger partial charge in [-0.25, -0.2) is 4.79 Å². The van der Waals surface area contributed by atoms with E-state index in [4.69, 9.17) is 9.84 Å². The number of anilines is 3. The number of hydrogen-bond acceptors (Lipinski definition) is 6. The third-order valence-corrected chi connectivity index (χ3v) is 5.29. The van der Waals surface area contributed by atoms with E-state index >= 15 is 0 Å². The summed E-state index contributed by atoms with van der Waals surface area (Å²) in [6, 6.07) is 14.1. The highest BCUT2D eigenvalue weighted by Gasteiger charge is 2.23. The first-order valence-electron chi connectivity index (χ1n) is 8.32. The molecule has 0 radical (unpaired) electrons. The standard InChI is InChI=1S/C19H23N3O3S/c1-13(19(23)24)25-16-9-10-18-17(11-16)21(4)12-22(26-18)15-7-5-14(6-8-15)20(2)3/h5-11,13H,12H2,1-4H3,(H,23,24).